The summed E-state index contributed by atoms with van der Waals surface area (Å²) in [5.74, 6) is -0.540. The highest BCUT2D eigenvalue weighted by atomic mass is 32.1. The van der Waals surface area contributed by atoms with Crippen molar-refractivity contribution in [2.45, 2.75) is 20.3 Å². The Morgan fingerprint density at radius 1 is 1.30 bits per heavy atom. The monoisotopic (exact) mass is 330 g/mol. The number of esters is 1. The highest BCUT2D eigenvalue weighted by molar-refractivity contribution is 7.14. The van der Waals surface area contributed by atoms with Crippen molar-refractivity contribution in [3.8, 4) is 0 Å². The Balaban J connectivity index is 1.96. The smallest absolute Gasteiger partial charge is 0.311 e. The number of carbonyl (C=O) groups is 2. The Labute approximate surface area is 139 Å². The predicted octanol–water partition coefficient (Wildman–Crippen LogP) is 3.29. The first-order valence-corrected chi connectivity index (χ1v) is 8.11. The number of nitrogens with one attached hydrogen (secondary N) is 1. The number of rotatable bonds is 6. The second-order valence-electron chi connectivity index (χ2n) is 4.82. The topological polar surface area (TPSA) is 68.3 Å². The fourth-order valence-corrected chi connectivity index (χ4v) is 2.57. The Kier molecular flexibility index (Phi) is 6.05. The Bertz CT molecular complexity index is 708. The molecule has 0 saturated heterocycles. The number of benzene rings is 1. The third kappa shape index (κ3) is 5.34. The van der Waals surface area contributed by atoms with Gasteiger partial charge in [-0.05, 0) is 25.5 Å². The minimum absolute atomic E-state index is 0.110. The van der Waals surface area contributed by atoms with E-state index in [0.29, 0.717) is 23.0 Å². The number of ether oxygens (including phenoxy) is 1. The number of nitrogens with zero attached hydrogens (tertiary/aromatic N) is 1. The first-order chi connectivity index (χ1) is 11.1. The summed E-state index contributed by atoms with van der Waals surface area (Å²) >= 11 is 1.28. The average molecular weight is 330 g/mol. The van der Waals surface area contributed by atoms with E-state index in [1.54, 1.807) is 19.2 Å². The molecular weight excluding hydrogens is 312 g/mol. The average Bonchev–Trinajstić information content (AvgIpc) is 2.95. The van der Waals surface area contributed by atoms with E-state index >= 15 is 0 Å². The maximum atomic E-state index is 12.1. The lowest BCUT2D eigenvalue weighted by molar-refractivity contribution is -0.142. The lowest BCUT2D eigenvalue weighted by atomic mass is 10.1. The zero-order valence-corrected chi connectivity index (χ0v) is 13.9. The molecule has 0 saturated carbocycles. The molecule has 0 atom stereocenters. The summed E-state index contributed by atoms with van der Waals surface area (Å²) in [5, 5.41) is 4.94. The molecule has 0 aliphatic rings. The van der Waals surface area contributed by atoms with Crippen LogP contribution in [-0.2, 0) is 20.7 Å². The van der Waals surface area contributed by atoms with Crippen LogP contribution >= 0.6 is 11.3 Å². The largest absolute Gasteiger partial charge is 0.466 e. The van der Waals surface area contributed by atoms with Gasteiger partial charge in [-0.15, -0.1) is 11.3 Å². The molecule has 120 valence electrons. The van der Waals surface area contributed by atoms with Gasteiger partial charge in [-0.25, -0.2) is 4.98 Å². The highest BCUT2D eigenvalue weighted by Crippen LogP contribution is 2.17. The zero-order chi connectivity index (χ0) is 16.7. The molecule has 5 nitrogen and oxygen atoms in total. The van der Waals surface area contributed by atoms with Crippen LogP contribution in [0.3, 0.4) is 0 Å². The van der Waals surface area contributed by atoms with Crippen LogP contribution in [0.25, 0.3) is 6.08 Å². The first kappa shape index (κ1) is 16.9. The van der Waals surface area contributed by atoms with Gasteiger partial charge in [-0.2, -0.15) is 0 Å². The van der Waals surface area contributed by atoms with Crippen molar-refractivity contribution >= 4 is 34.4 Å². The fourth-order valence-electron chi connectivity index (χ4n) is 1.87. The summed E-state index contributed by atoms with van der Waals surface area (Å²) in [4.78, 5) is 27.8. The Hall–Kier alpha value is -2.47. The minimum atomic E-state index is -0.323. The maximum Gasteiger partial charge on any atom is 0.311 e. The van der Waals surface area contributed by atoms with E-state index < -0.39 is 0 Å². The number of hydrogen-bond acceptors (Lipinski definition) is 5. The van der Waals surface area contributed by atoms with Crippen molar-refractivity contribution in [1.82, 2.24) is 4.98 Å². The third-order valence-electron chi connectivity index (χ3n) is 2.94. The van der Waals surface area contributed by atoms with Crippen molar-refractivity contribution in [3.63, 3.8) is 0 Å². The number of amides is 1. The molecule has 1 aromatic carbocycles. The summed E-state index contributed by atoms with van der Waals surface area (Å²) in [5.41, 5.74) is 2.13. The van der Waals surface area contributed by atoms with Crippen molar-refractivity contribution in [2.75, 3.05) is 11.9 Å². The number of thiazole rings is 1. The normalized spacial score (nSPS) is 11.1. The van der Waals surface area contributed by atoms with E-state index in [2.05, 4.69) is 10.3 Å². The predicted molar refractivity (Wildman–Crippen MR) is 91.2 cm³/mol. The number of hydrogen-bond donors (Lipinski definition) is 1. The van der Waals surface area contributed by atoms with Crippen LogP contribution in [0.1, 0.15) is 25.1 Å². The fraction of sp³-hybridized carbons (Fsp3) is 0.235. The highest BCUT2D eigenvalue weighted by Gasteiger charge is 2.11. The van der Waals surface area contributed by atoms with Crippen molar-refractivity contribution in [1.29, 1.82) is 0 Å². The standard InChI is InChI=1S/C17H18N2O3S/c1-3-22-15(20)10-14-11-23-17(18-14)19-16(21)12(2)9-13-7-5-4-6-8-13/h4-9,11H,3,10H2,1-2H3,(H,18,19,21). The van der Waals surface area contributed by atoms with Crippen LogP contribution in [0.2, 0.25) is 0 Å². The molecule has 0 unspecified atom stereocenters. The molecule has 0 fully saturated rings. The molecule has 1 amide bonds. The van der Waals surface area contributed by atoms with E-state index in [4.69, 9.17) is 4.74 Å². The van der Waals surface area contributed by atoms with Gasteiger partial charge in [0.25, 0.3) is 5.91 Å². The second-order valence-corrected chi connectivity index (χ2v) is 5.68. The number of anilines is 1. The van der Waals surface area contributed by atoms with Crippen LogP contribution in [0.15, 0.2) is 41.3 Å². The molecule has 1 N–H and O–H groups in total. The van der Waals surface area contributed by atoms with Gasteiger partial charge in [0.05, 0.1) is 18.7 Å². The molecule has 1 heterocycles. The zero-order valence-electron chi connectivity index (χ0n) is 13.0. The van der Waals surface area contributed by atoms with Crippen LogP contribution in [0.4, 0.5) is 5.13 Å². The van der Waals surface area contributed by atoms with E-state index in [1.165, 1.54) is 11.3 Å². The second kappa shape index (κ2) is 8.24. The van der Waals surface area contributed by atoms with Gasteiger partial charge in [0.1, 0.15) is 0 Å². The molecule has 0 radical (unpaired) electrons. The SMILES string of the molecule is CCOC(=O)Cc1csc(NC(=O)C(C)=Cc2ccccc2)n1. The molecule has 2 aromatic rings. The van der Waals surface area contributed by atoms with E-state index in [-0.39, 0.29) is 18.3 Å². The Morgan fingerprint density at radius 2 is 2.04 bits per heavy atom. The third-order valence-corrected chi connectivity index (χ3v) is 3.75. The van der Waals surface area contributed by atoms with E-state index in [9.17, 15) is 9.59 Å². The maximum absolute atomic E-state index is 12.1. The molecule has 1 aromatic heterocycles. The first-order valence-electron chi connectivity index (χ1n) is 7.23. The molecule has 0 bridgehead atoms. The van der Waals surface area contributed by atoms with Crippen molar-refractivity contribution in [2.24, 2.45) is 0 Å². The van der Waals surface area contributed by atoms with Gasteiger partial charge in [0, 0.05) is 11.0 Å². The lowest BCUT2D eigenvalue weighted by Crippen LogP contribution is -2.13. The van der Waals surface area contributed by atoms with Crippen LogP contribution in [0, 0.1) is 0 Å². The van der Waals surface area contributed by atoms with Crippen LogP contribution in [-0.4, -0.2) is 23.5 Å². The van der Waals surface area contributed by atoms with Gasteiger partial charge in [-0.1, -0.05) is 30.3 Å². The van der Waals surface area contributed by atoms with Gasteiger partial charge < -0.3 is 4.74 Å². The van der Waals surface area contributed by atoms with Gasteiger partial charge >= 0.3 is 5.97 Å². The Morgan fingerprint density at radius 3 is 2.74 bits per heavy atom. The molecule has 2 rings (SSSR count). The summed E-state index contributed by atoms with van der Waals surface area (Å²) < 4.78 is 4.87. The van der Waals surface area contributed by atoms with E-state index in [1.807, 2.05) is 36.4 Å². The molecule has 6 heteroatoms. The minimum Gasteiger partial charge on any atom is -0.466 e. The molecule has 0 aliphatic carbocycles. The summed E-state index contributed by atoms with van der Waals surface area (Å²) in [7, 11) is 0. The molecular formula is C17H18N2O3S. The molecule has 0 spiro atoms. The van der Waals surface area contributed by atoms with Crippen molar-refractivity contribution < 1.29 is 14.3 Å². The van der Waals surface area contributed by atoms with Gasteiger partial charge in [0.15, 0.2) is 5.13 Å². The van der Waals surface area contributed by atoms with Gasteiger partial charge in [-0.3, -0.25) is 14.9 Å². The quantitative estimate of drug-likeness (QED) is 0.652. The molecule has 23 heavy (non-hydrogen) atoms. The lowest BCUT2D eigenvalue weighted by Gasteiger charge is -2.02. The summed E-state index contributed by atoms with van der Waals surface area (Å²) in [6, 6.07) is 9.61. The number of aromatic nitrogens is 1. The summed E-state index contributed by atoms with van der Waals surface area (Å²) in [6.45, 7) is 3.85. The van der Waals surface area contributed by atoms with Crippen LogP contribution < -0.4 is 5.32 Å². The summed E-state index contributed by atoms with van der Waals surface area (Å²) in [6.07, 6.45) is 1.92. The van der Waals surface area contributed by atoms with Crippen LogP contribution in [0.5, 0.6) is 0 Å². The van der Waals surface area contributed by atoms with E-state index in [0.717, 1.165) is 5.56 Å². The van der Waals surface area contributed by atoms with Crippen molar-refractivity contribution in [3.05, 3.63) is 52.5 Å². The van der Waals surface area contributed by atoms with Gasteiger partial charge in [0.2, 0.25) is 0 Å². The number of carbonyl (C=O) groups excluding carboxylic acids is 2. The molecule has 0 aliphatic heterocycles.